The molecule has 94 valence electrons. The predicted octanol–water partition coefficient (Wildman–Crippen LogP) is 1.68. The van der Waals surface area contributed by atoms with Gasteiger partial charge in [0.15, 0.2) is 0 Å². The van der Waals surface area contributed by atoms with E-state index in [4.69, 9.17) is 11.6 Å². The Bertz CT molecular complexity index is 482. The van der Waals surface area contributed by atoms with Crippen molar-refractivity contribution in [1.82, 2.24) is 4.72 Å². The van der Waals surface area contributed by atoms with Gasteiger partial charge in [0, 0.05) is 13.0 Å². The van der Waals surface area contributed by atoms with Crippen LogP contribution in [0.1, 0.15) is 18.9 Å². The van der Waals surface area contributed by atoms with Crippen LogP contribution < -0.4 is 4.72 Å². The fraction of sp³-hybridized carbons (Fsp3) is 0.364. The third kappa shape index (κ3) is 4.46. The van der Waals surface area contributed by atoms with Crippen molar-refractivity contribution in [3.8, 4) is 0 Å². The Morgan fingerprint density at radius 1 is 1.29 bits per heavy atom. The first kappa shape index (κ1) is 14.2. The molecule has 1 aromatic rings. The first-order valence-corrected chi connectivity index (χ1v) is 7.08. The lowest BCUT2D eigenvalue weighted by atomic mass is 10.2. The number of halogens is 1. The first-order chi connectivity index (χ1) is 7.95. The van der Waals surface area contributed by atoms with Crippen molar-refractivity contribution in [3.05, 3.63) is 29.8 Å². The molecule has 1 aromatic carbocycles. The van der Waals surface area contributed by atoms with Crippen molar-refractivity contribution < 1.29 is 13.2 Å². The van der Waals surface area contributed by atoms with Crippen molar-refractivity contribution >= 4 is 26.9 Å². The number of aryl methyl sites for hydroxylation is 1. The normalized spacial score (nSPS) is 11.4. The molecule has 0 saturated heterocycles. The molecule has 1 rings (SSSR count). The Labute approximate surface area is 106 Å². The van der Waals surface area contributed by atoms with Gasteiger partial charge in [-0.3, -0.25) is 4.79 Å². The van der Waals surface area contributed by atoms with Crippen molar-refractivity contribution in [3.63, 3.8) is 0 Å². The van der Waals surface area contributed by atoms with Crippen molar-refractivity contribution in [2.24, 2.45) is 0 Å². The molecule has 0 amide bonds. The van der Waals surface area contributed by atoms with Gasteiger partial charge in [0.25, 0.3) is 0 Å². The molecule has 0 unspecified atom stereocenters. The number of hydrogen-bond donors (Lipinski definition) is 1. The van der Waals surface area contributed by atoms with Crippen LogP contribution in [0.3, 0.4) is 0 Å². The molecule has 0 atom stereocenters. The maximum absolute atomic E-state index is 11.7. The van der Waals surface area contributed by atoms with E-state index in [0.29, 0.717) is 0 Å². The summed E-state index contributed by atoms with van der Waals surface area (Å²) >= 11 is 5.12. The van der Waals surface area contributed by atoms with Gasteiger partial charge < -0.3 is 0 Å². The van der Waals surface area contributed by atoms with E-state index < -0.39 is 15.3 Å². The summed E-state index contributed by atoms with van der Waals surface area (Å²) in [5, 5.41) is -0.561. The quantitative estimate of drug-likeness (QED) is 0.804. The second kappa shape index (κ2) is 6.14. The van der Waals surface area contributed by atoms with Gasteiger partial charge in [0.2, 0.25) is 15.3 Å². The summed E-state index contributed by atoms with van der Waals surface area (Å²) in [6, 6.07) is 6.62. The van der Waals surface area contributed by atoms with E-state index in [1.165, 1.54) is 0 Å². The molecular weight excluding hydrogens is 262 g/mol. The SMILES string of the molecule is CCc1ccc(S(=O)(=O)NCCC(=O)Cl)cc1. The molecule has 0 spiro atoms. The van der Waals surface area contributed by atoms with Crippen LogP contribution in [0.15, 0.2) is 29.2 Å². The van der Waals surface area contributed by atoms with Gasteiger partial charge in [0.1, 0.15) is 0 Å². The number of carbonyl (C=O) groups excluding carboxylic acids is 1. The summed E-state index contributed by atoms with van der Waals surface area (Å²) < 4.78 is 25.8. The summed E-state index contributed by atoms with van der Waals surface area (Å²) in [5.74, 6) is 0. The lowest BCUT2D eigenvalue weighted by molar-refractivity contribution is -0.111. The minimum Gasteiger partial charge on any atom is -0.281 e. The van der Waals surface area contributed by atoms with Crippen LogP contribution in [0.25, 0.3) is 0 Å². The lowest BCUT2D eigenvalue weighted by Crippen LogP contribution is -2.25. The highest BCUT2D eigenvalue weighted by atomic mass is 35.5. The van der Waals surface area contributed by atoms with Crippen LogP contribution in [-0.4, -0.2) is 20.2 Å². The largest absolute Gasteiger partial charge is 0.281 e. The average molecular weight is 276 g/mol. The zero-order valence-corrected chi connectivity index (χ0v) is 11.0. The van der Waals surface area contributed by atoms with Gasteiger partial charge in [-0.05, 0) is 35.7 Å². The summed E-state index contributed by atoms with van der Waals surface area (Å²) in [6.45, 7) is 2.01. The second-order valence-corrected chi connectivity index (χ2v) is 5.69. The molecule has 0 saturated carbocycles. The highest BCUT2D eigenvalue weighted by Gasteiger charge is 2.13. The Kier molecular flexibility index (Phi) is 5.11. The third-order valence-electron chi connectivity index (χ3n) is 2.26. The Morgan fingerprint density at radius 2 is 1.88 bits per heavy atom. The van der Waals surface area contributed by atoms with Gasteiger partial charge in [0.05, 0.1) is 4.90 Å². The van der Waals surface area contributed by atoms with E-state index in [9.17, 15) is 13.2 Å². The maximum Gasteiger partial charge on any atom is 0.240 e. The number of carbonyl (C=O) groups is 1. The smallest absolute Gasteiger partial charge is 0.240 e. The van der Waals surface area contributed by atoms with Crippen LogP contribution in [0.4, 0.5) is 0 Å². The van der Waals surface area contributed by atoms with Gasteiger partial charge in [-0.15, -0.1) is 0 Å². The standard InChI is InChI=1S/C11H14ClNO3S/c1-2-9-3-5-10(6-4-9)17(15,16)13-8-7-11(12)14/h3-6,13H,2,7-8H2,1H3. The number of sulfonamides is 1. The minimum absolute atomic E-state index is 0.0141. The predicted molar refractivity (Wildman–Crippen MR) is 66.5 cm³/mol. The summed E-state index contributed by atoms with van der Waals surface area (Å²) in [7, 11) is -3.54. The fourth-order valence-corrected chi connectivity index (χ4v) is 2.40. The highest BCUT2D eigenvalue weighted by molar-refractivity contribution is 7.89. The fourth-order valence-electron chi connectivity index (χ4n) is 1.27. The number of benzene rings is 1. The van der Waals surface area contributed by atoms with E-state index in [1.54, 1.807) is 24.3 Å². The van der Waals surface area contributed by atoms with Crippen molar-refractivity contribution in [2.75, 3.05) is 6.54 Å². The summed E-state index contributed by atoms with van der Waals surface area (Å²) in [4.78, 5) is 10.7. The van der Waals surface area contributed by atoms with Crippen LogP contribution in [0, 0.1) is 0 Å². The van der Waals surface area contributed by atoms with Gasteiger partial charge in [-0.2, -0.15) is 0 Å². The van der Waals surface area contributed by atoms with Gasteiger partial charge in [-0.1, -0.05) is 19.1 Å². The third-order valence-corrected chi connectivity index (χ3v) is 3.92. The molecule has 17 heavy (non-hydrogen) atoms. The molecule has 0 radical (unpaired) electrons. The molecule has 0 aliphatic rings. The van der Waals surface area contributed by atoms with E-state index in [0.717, 1.165) is 12.0 Å². The second-order valence-electron chi connectivity index (χ2n) is 3.50. The van der Waals surface area contributed by atoms with Crippen molar-refractivity contribution in [1.29, 1.82) is 0 Å². The molecule has 0 heterocycles. The van der Waals surface area contributed by atoms with Crippen LogP contribution >= 0.6 is 11.6 Å². The number of nitrogens with one attached hydrogen (secondary N) is 1. The molecule has 0 aliphatic heterocycles. The topological polar surface area (TPSA) is 63.2 Å². The average Bonchev–Trinajstić information content (AvgIpc) is 2.28. The number of rotatable bonds is 6. The van der Waals surface area contributed by atoms with Gasteiger partial charge in [-0.25, -0.2) is 13.1 Å². The zero-order chi connectivity index (χ0) is 12.9. The molecule has 0 aromatic heterocycles. The first-order valence-electron chi connectivity index (χ1n) is 5.22. The van der Waals surface area contributed by atoms with E-state index >= 15 is 0 Å². The molecule has 6 heteroatoms. The van der Waals surface area contributed by atoms with Crippen LogP contribution in [0.5, 0.6) is 0 Å². The molecule has 4 nitrogen and oxygen atoms in total. The van der Waals surface area contributed by atoms with E-state index in [-0.39, 0.29) is 17.9 Å². The Hall–Kier alpha value is -0.910. The maximum atomic E-state index is 11.7. The highest BCUT2D eigenvalue weighted by Crippen LogP contribution is 2.10. The molecular formula is C11H14ClNO3S. The monoisotopic (exact) mass is 275 g/mol. The zero-order valence-electron chi connectivity index (χ0n) is 9.44. The molecule has 0 fully saturated rings. The lowest BCUT2D eigenvalue weighted by Gasteiger charge is -2.06. The molecule has 0 bridgehead atoms. The van der Waals surface area contributed by atoms with Crippen LogP contribution in [-0.2, 0) is 21.2 Å². The Balaban J connectivity index is 2.72. The summed E-state index contributed by atoms with van der Waals surface area (Å²) in [5.41, 5.74) is 1.07. The summed E-state index contributed by atoms with van der Waals surface area (Å²) in [6.07, 6.45) is 0.836. The number of hydrogen-bond acceptors (Lipinski definition) is 3. The van der Waals surface area contributed by atoms with Gasteiger partial charge >= 0.3 is 0 Å². The molecule has 1 N–H and O–H groups in total. The van der Waals surface area contributed by atoms with E-state index in [1.807, 2.05) is 6.92 Å². The van der Waals surface area contributed by atoms with Crippen molar-refractivity contribution in [2.45, 2.75) is 24.7 Å². The minimum atomic E-state index is -3.54. The van der Waals surface area contributed by atoms with Crippen LogP contribution in [0.2, 0.25) is 0 Å². The molecule has 0 aliphatic carbocycles. The van der Waals surface area contributed by atoms with E-state index in [2.05, 4.69) is 4.72 Å². The Morgan fingerprint density at radius 3 is 2.35 bits per heavy atom.